The number of hydrogen-bond donors (Lipinski definition) is 3. The predicted molar refractivity (Wildman–Crippen MR) is 115 cm³/mol. The third-order valence-corrected chi connectivity index (χ3v) is 6.01. The van der Waals surface area contributed by atoms with E-state index in [9.17, 15) is 13.2 Å². The number of nitrogens with one attached hydrogen (secondary N) is 2. The van der Waals surface area contributed by atoms with Crippen molar-refractivity contribution in [2.24, 2.45) is 5.73 Å². The number of amidine groups is 1. The van der Waals surface area contributed by atoms with E-state index < -0.39 is 16.1 Å². The van der Waals surface area contributed by atoms with Crippen LogP contribution in [0.4, 0.5) is 10.5 Å². The van der Waals surface area contributed by atoms with Crippen molar-refractivity contribution in [3.05, 3.63) is 71.1 Å². The van der Waals surface area contributed by atoms with Crippen LogP contribution in [0.5, 0.6) is 0 Å². The van der Waals surface area contributed by atoms with Crippen molar-refractivity contribution in [1.82, 2.24) is 9.37 Å². The molecule has 0 aliphatic carbocycles. The number of nitrogens with two attached hydrogens (primary N) is 1. The maximum Gasteiger partial charge on any atom is 0.430 e. The first kappa shape index (κ1) is 21.5. The minimum Gasteiger partial charge on any atom is -0.384 e. The van der Waals surface area contributed by atoms with Crippen LogP contribution in [0.1, 0.15) is 11.1 Å². The number of piperazine rings is 1. The van der Waals surface area contributed by atoms with Gasteiger partial charge in [-0.25, -0.2) is 13.2 Å². The van der Waals surface area contributed by atoms with Gasteiger partial charge in [-0.2, -0.15) is 4.31 Å². The number of hydrogen-bond acceptors (Lipinski definition) is 6. The van der Waals surface area contributed by atoms with Crippen LogP contribution in [0.15, 0.2) is 60.0 Å². The summed E-state index contributed by atoms with van der Waals surface area (Å²) in [5.41, 5.74) is 7.24. The van der Waals surface area contributed by atoms with Crippen molar-refractivity contribution in [3.63, 3.8) is 0 Å². The molecule has 1 heterocycles. The minimum atomic E-state index is -3.55. The Bertz CT molecular complexity index is 1010. The summed E-state index contributed by atoms with van der Waals surface area (Å²) in [5, 5.41) is 12.5. The van der Waals surface area contributed by atoms with Gasteiger partial charge < -0.3 is 10.6 Å². The molecule has 30 heavy (non-hydrogen) atoms. The highest BCUT2D eigenvalue weighted by atomic mass is 32.2. The van der Waals surface area contributed by atoms with Gasteiger partial charge in [0.05, 0.1) is 0 Å². The minimum absolute atomic E-state index is 0.0597. The van der Waals surface area contributed by atoms with Gasteiger partial charge in [0.2, 0.25) is 10.0 Å². The zero-order valence-electron chi connectivity index (χ0n) is 16.2. The van der Waals surface area contributed by atoms with E-state index in [4.69, 9.17) is 16.0 Å². The molecule has 10 heteroatoms. The number of nitrogen functional groups attached to an aromatic ring is 1. The first-order valence-corrected chi connectivity index (χ1v) is 10.8. The summed E-state index contributed by atoms with van der Waals surface area (Å²) in [5.74, 6) is -0.0597. The fraction of sp³-hybridized carbons (Fsp3) is 0.200. The highest BCUT2D eigenvalue weighted by molar-refractivity contribution is 7.92. The average molecular weight is 430 g/mol. The number of carbonyl (C=O) groups is 1. The second-order valence-corrected chi connectivity index (χ2v) is 8.40. The van der Waals surface area contributed by atoms with Crippen LogP contribution >= 0.6 is 0 Å². The number of hydroxylamine groups is 2. The van der Waals surface area contributed by atoms with Crippen molar-refractivity contribution in [1.29, 1.82) is 5.41 Å². The molecule has 1 aliphatic rings. The standard InChI is InChI=1S/C20H23N5O4S/c21-19(22)17-6-8-18(9-7-17)23-20(26)29-24-11-13-25(14-12-24)30(27,28)15-10-16-4-2-1-3-5-16/h1-10,15H,11-14H2,(H3,21,22)(H,23,26). The molecular weight excluding hydrogens is 406 g/mol. The molecule has 2 aromatic rings. The zero-order chi connectivity index (χ0) is 21.6. The Labute approximate surface area is 175 Å². The molecule has 0 saturated carbocycles. The Morgan fingerprint density at radius 1 is 1.03 bits per heavy atom. The molecule has 0 unspecified atom stereocenters. The molecule has 0 aromatic heterocycles. The van der Waals surface area contributed by atoms with Gasteiger partial charge in [-0.05, 0) is 35.9 Å². The van der Waals surface area contributed by atoms with Crippen molar-refractivity contribution in [3.8, 4) is 0 Å². The smallest absolute Gasteiger partial charge is 0.384 e. The maximum atomic E-state index is 12.5. The molecule has 1 saturated heterocycles. The van der Waals surface area contributed by atoms with Gasteiger partial charge in [0.25, 0.3) is 0 Å². The van der Waals surface area contributed by atoms with E-state index >= 15 is 0 Å². The number of anilines is 1. The Hall–Kier alpha value is -3.21. The number of rotatable bonds is 6. The fourth-order valence-corrected chi connectivity index (χ4v) is 3.99. The summed E-state index contributed by atoms with van der Waals surface area (Å²) < 4.78 is 26.3. The summed E-state index contributed by atoms with van der Waals surface area (Å²) in [7, 11) is -3.55. The Morgan fingerprint density at radius 2 is 1.67 bits per heavy atom. The summed E-state index contributed by atoms with van der Waals surface area (Å²) in [6.07, 6.45) is 0.883. The zero-order valence-corrected chi connectivity index (χ0v) is 17.0. The monoisotopic (exact) mass is 429 g/mol. The van der Waals surface area contributed by atoms with Gasteiger partial charge in [-0.15, -0.1) is 5.06 Å². The highest BCUT2D eigenvalue weighted by Gasteiger charge is 2.27. The normalized spacial score (nSPS) is 15.7. The van der Waals surface area contributed by atoms with Gasteiger partial charge in [-0.3, -0.25) is 10.7 Å². The van der Waals surface area contributed by atoms with E-state index in [0.717, 1.165) is 5.56 Å². The topological polar surface area (TPSA) is 129 Å². The third kappa shape index (κ3) is 5.89. The van der Waals surface area contributed by atoms with Crippen molar-refractivity contribution >= 4 is 33.7 Å². The third-order valence-electron chi connectivity index (χ3n) is 4.44. The first-order valence-electron chi connectivity index (χ1n) is 9.25. The molecule has 1 aliphatic heterocycles. The molecule has 158 valence electrons. The Kier molecular flexibility index (Phi) is 6.83. The lowest BCUT2D eigenvalue weighted by atomic mass is 10.2. The summed E-state index contributed by atoms with van der Waals surface area (Å²) in [6.45, 7) is 0.939. The molecule has 1 fully saturated rings. The number of benzene rings is 2. The number of carbonyl (C=O) groups excluding carboxylic acids is 1. The first-order chi connectivity index (χ1) is 14.3. The van der Waals surface area contributed by atoms with E-state index in [1.807, 2.05) is 30.3 Å². The van der Waals surface area contributed by atoms with Crippen LogP contribution < -0.4 is 11.1 Å². The number of amides is 1. The van der Waals surface area contributed by atoms with E-state index in [1.54, 1.807) is 30.3 Å². The Balaban J connectivity index is 1.48. The lowest BCUT2D eigenvalue weighted by Gasteiger charge is -2.31. The second kappa shape index (κ2) is 9.53. The average Bonchev–Trinajstić information content (AvgIpc) is 2.74. The van der Waals surface area contributed by atoms with Crippen molar-refractivity contribution < 1.29 is 18.0 Å². The quantitative estimate of drug-likeness (QED) is 0.476. The van der Waals surface area contributed by atoms with Crippen molar-refractivity contribution in [2.75, 3.05) is 31.5 Å². The molecule has 3 rings (SSSR count). The van der Waals surface area contributed by atoms with Gasteiger partial charge in [0, 0.05) is 42.8 Å². The number of nitrogens with zero attached hydrogens (tertiary/aromatic N) is 2. The molecule has 2 aromatic carbocycles. The molecule has 0 atom stereocenters. The van der Waals surface area contributed by atoms with Gasteiger partial charge in [0.1, 0.15) is 5.84 Å². The van der Waals surface area contributed by atoms with E-state index in [0.29, 0.717) is 11.3 Å². The molecule has 0 bridgehead atoms. The second-order valence-electron chi connectivity index (χ2n) is 6.58. The molecule has 9 nitrogen and oxygen atoms in total. The van der Waals surface area contributed by atoms with Crippen LogP contribution in [-0.4, -0.2) is 55.9 Å². The van der Waals surface area contributed by atoms with Crippen molar-refractivity contribution in [2.45, 2.75) is 0 Å². The lowest BCUT2D eigenvalue weighted by Crippen LogP contribution is -2.48. The van der Waals surface area contributed by atoms with E-state index in [2.05, 4.69) is 5.32 Å². The molecule has 0 radical (unpaired) electrons. The molecule has 1 amide bonds. The van der Waals surface area contributed by atoms with Crippen LogP contribution in [0.2, 0.25) is 0 Å². The van der Waals surface area contributed by atoms with Crippen LogP contribution in [0.3, 0.4) is 0 Å². The summed E-state index contributed by atoms with van der Waals surface area (Å²) in [6, 6.07) is 15.6. The lowest BCUT2D eigenvalue weighted by molar-refractivity contribution is -0.109. The fourth-order valence-electron chi connectivity index (χ4n) is 2.82. The molecule has 0 spiro atoms. The Morgan fingerprint density at radius 3 is 2.27 bits per heavy atom. The van der Waals surface area contributed by atoms with Crippen LogP contribution in [-0.2, 0) is 14.9 Å². The molecular formula is C20H23N5O4S. The van der Waals surface area contributed by atoms with Gasteiger partial charge in [-0.1, -0.05) is 30.3 Å². The van der Waals surface area contributed by atoms with E-state index in [-0.39, 0.29) is 32.0 Å². The summed E-state index contributed by atoms with van der Waals surface area (Å²) in [4.78, 5) is 17.3. The SMILES string of the molecule is N=C(N)c1ccc(NC(=O)ON2CCN(S(=O)(=O)C=Cc3ccccc3)CC2)cc1. The predicted octanol–water partition coefficient (Wildman–Crippen LogP) is 2.05. The largest absolute Gasteiger partial charge is 0.430 e. The van der Waals surface area contributed by atoms with E-state index in [1.165, 1.54) is 14.8 Å². The van der Waals surface area contributed by atoms with Crippen LogP contribution in [0, 0.1) is 5.41 Å². The molecule has 4 N–H and O–H groups in total. The highest BCUT2D eigenvalue weighted by Crippen LogP contribution is 2.13. The van der Waals surface area contributed by atoms with Gasteiger partial charge in [0.15, 0.2) is 0 Å². The van der Waals surface area contributed by atoms with Gasteiger partial charge >= 0.3 is 6.09 Å². The number of sulfonamides is 1. The maximum absolute atomic E-state index is 12.5. The summed E-state index contributed by atoms with van der Waals surface area (Å²) >= 11 is 0. The van der Waals surface area contributed by atoms with Crippen LogP contribution in [0.25, 0.3) is 6.08 Å².